The zero-order chi connectivity index (χ0) is 15.0. The molecule has 108 valence electrons. The third-order valence-corrected chi connectivity index (χ3v) is 4.25. The molecule has 0 N–H and O–H groups in total. The highest BCUT2D eigenvalue weighted by Crippen LogP contribution is 2.47. The number of nitrogens with zero attached hydrogens (tertiary/aromatic N) is 5. The standard InChI is InChI=1S/C14H15N5O2/c1-20-12-9-6-14(7-15,8-16)10-4-3-5-19(10)11(9)17-13(18-12)21-2/h10H,3-6H2,1-2H3. The molecule has 0 saturated carbocycles. The molecule has 2 aliphatic heterocycles. The van der Waals surface area contributed by atoms with E-state index in [4.69, 9.17) is 9.47 Å². The summed E-state index contributed by atoms with van der Waals surface area (Å²) in [6.07, 6.45) is 2.03. The lowest BCUT2D eigenvalue weighted by atomic mass is 9.74. The van der Waals surface area contributed by atoms with E-state index in [9.17, 15) is 10.5 Å². The molecule has 7 heteroatoms. The molecule has 1 aromatic rings. The van der Waals surface area contributed by atoms with Gasteiger partial charge in [0.15, 0.2) is 5.41 Å². The number of methoxy groups -OCH3 is 2. The monoisotopic (exact) mass is 285 g/mol. The second kappa shape index (κ2) is 4.78. The molecule has 2 aliphatic rings. The maximum absolute atomic E-state index is 9.57. The second-order valence-electron chi connectivity index (χ2n) is 5.24. The fourth-order valence-corrected chi connectivity index (χ4v) is 3.27. The lowest BCUT2D eigenvalue weighted by molar-refractivity contribution is 0.328. The Kier molecular flexibility index (Phi) is 3.06. The summed E-state index contributed by atoms with van der Waals surface area (Å²) in [5.74, 6) is 1.10. The number of hydrogen-bond acceptors (Lipinski definition) is 7. The van der Waals surface area contributed by atoms with Crippen LogP contribution in [0.5, 0.6) is 11.9 Å². The Balaban J connectivity index is 2.21. The molecule has 21 heavy (non-hydrogen) atoms. The van der Waals surface area contributed by atoms with Gasteiger partial charge in [0.2, 0.25) is 5.88 Å². The van der Waals surface area contributed by atoms with E-state index in [1.807, 2.05) is 4.90 Å². The average molecular weight is 285 g/mol. The molecule has 3 heterocycles. The number of rotatable bonds is 2. The number of hydrogen-bond donors (Lipinski definition) is 0. The van der Waals surface area contributed by atoms with Crippen molar-refractivity contribution in [1.82, 2.24) is 9.97 Å². The highest BCUT2D eigenvalue weighted by atomic mass is 16.5. The van der Waals surface area contributed by atoms with E-state index in [1.54, 1.807) is 0 Å². The minimum atomic E-state index is -1.07. The molecule has 0 radical (unpaired) electrons. The van der Waals surface area contributed by atoms with Crippen molar-refractivity contribution in [3.8, 4) is 24.0 Å². The van der Waals surface area contributed by atoms with Crippen LogP contribution in [0.2, 0.25) is 0 Å². The van der Waals surface area contributed by atoms with E-state index in [2.05, 4.69) is 22.1 Å². The lowest BCUT2D eigenvalue weighted by Gasteiger charge is -2.40. The summed E-state index contributed by atoms with van der Waals surface area (Å²) >= 11 is 0. The van der Waals surface area contributed by atoms with E-state index >= 15 is 0 Å². The third-order valence-electron chi connectivity index (χ3n) is 4.25. The molecular weight excluding hydrogens is 270 g/mol. The molecule has 7 nitrogen and oxygen atoms in total. The van der Waals surface area contributed by atoms with Crippen LogP contribution in [0.4, 0.5) is 5.82 Å². The zero-order valence-electron chi connectivity index (χ0n) is 12.0. The van der Waals surface area contributed by atoms with Crippen LogP contribution < -0.4 is 14.4 Å². The van der Waals surface area contributed by atoms with Gasteiger partial charge in [-0.05, 0) is 12.8 Å². The van der Waals surface area contributed by atoms with Crippen molar-refractivity contribution in [3.05, 3.63) is 5.56 Å². The summed E-state index contributed by atoms with van der Waals surface area (Å²) < 4.78 is 10.4. The van der Waals surface area contributed by atoms with E-state index in [0.717, 1.165) is 25.2 Å². The predicted molar refractivity (Wildman–Crippen MR) is 72.9 cm³/mol. The Hall–Kier alpha value is -2.54. The van der Waals surface area contributed by atoms with Crippen LogP contribution in [-0.4, -0.2) is 36.8 Å². The second-order valence-corrected chi connectivity index (χ2v) is 5.24. The minimum Gasteiger partial charge on any atom is -0.481 e. The van der Waals surface area contributed by atoms with Crippen LogP contribution in [0, 0.1) is 28.1 Å². The molecule has 0 aromatic carbocycles. The van der Waals surface area contributed by atoms with Gasteiger partial charge >= 0.3 is 6.01 Å². The highest BCUT2D eigenvalue weighted by Gasteiger charge is 2.51. The molecule has 1 aromatic heterocycles. The van der Waals surface area contributed by atoms with Gasteiger partial charge in [-0.25, -0.2) is 0 Å². The van der Waals surface area contributed by atoms with Crippen LogP contribution >= 0.6 is 0 Å². The summed E-state index contributed by atoms with van der Waals surface area (Å²) in [6, 6.07) is 4.53. The topological polar surface area (TPSA) is 95.1 Å². The number of ether oxygens (including phenoxy) is 2. The molecule has 1 unspecified atom stereocenters. The lowest BCUT2D eigenvalue weighted by Crippen LogP contribution is -2.48. The van der Waals surface area contributed by atoms with Crippen LogP contribution in [-0.2, 0) is 6.42 Å². The van der Waals surface area contributed by atoms with Crippen molar-refractivity contribution >= 4 is 5.82 Å². The van der Waals surface area contributed by atoms with Crippen LogP contribution in [0.15, 0.2) is 0 Å². The van der Waals surface area contributed by atoms with Crippen molar-refractivity contribution in [3.63, 3.8) is 0 Å². The van der Waals surface area contributed by atoms with Crippen molar-refractivity contribution in [2.45, 2.75) is 25.3 Å². The largest absolute Gasteiger partial charge is 0.481 e. The van der Waals surface area contributed by atoms with Crippen LogP contribution in [0.3, 0.4) is 0 Å². The average Bonchev–Trinajstić information content (AvgIpc) is 3.03. The van der Waals surface area contributed by atoms with Gasteiger partial charge in [0, 0.05) is 13.0 Å². The Morgan fingerprint density at radius 1 is 1.24 bits per heavy atom. The summed E-state index contributed by atoms with van der Waals surface area (Å²) in [7, 11) is 3.01. The van der Waals surface area contributed by atoms with E-state index in [1.165, 1.54) is 14.2 Å². The summed E-state index contributed by atoms with van der Waals surface area (Å²) in [5.41, 5.74) is -0.367. The van der Waals surface area contributed by atoms with Gasteiger partial charge in [-0.1, -0.05) is 0 Å². The Bertz CT molecular complexity index is 647. The van der Waals surface area contributed by atoms with E-state index in [-0.39, 0.29) is 18.5 Å². The van der Waals surface area contributed by atoms with Crippen LogP contribution in [0.25, 0.3) is 0 Å². The quantitative estimate of drug-likeness (QED) is 0.801. The predicted octanol–water partition coefficient (Wildman–Crippen LogP) is 1.05. The summed E-state index contributed by atoms with van der Waals surface area (Å²) in [5, 5.41) is 19.1. The Morgan fingerprint density at radius 2 is 2.00 bits per heavy atom. The molecule has 1 atom stereocenters. The van der Waals surface area contributed by atoms with E-state index < -0.39 is 5.41 Å². The first-order valence-electron chi connectivity index (χ1n) is 6.77. The van der Waals surface area contributed by atoms with Gasteiger partial charge in [0.1, 0.15) is 5.82 Å². The smallest absolute Gasteiger partial charge is 0.321 e. The first kappa shape index (κ1) is 13.4. The molecular formula is C14H15N5O2. The maximum Gasteiger partial charge on any atom is 0.321 e. The van der Waals surface area contributed by atoms with Gasteiger partial charge < -0.3 is 14.4 Å². The molecule has 1 fully saturated rings. The first-order chi connectivity index (χ1) is 10.2. The van der Waals surface area contributed by atoms with Crippen molar-refractivity contribution in [2.24, 2.45) is 5.41 Å². The van der Waals surface area contributed by atoms with Crippen LogP contribution in [0.1, 0.15) is 18.4 Å². The minimum absolute atomic E-state index is 0.135. The van der Waals surface area contributed by atoms with Gasteiger partial charge in [-0.15, -0.1) is 0 Å². The number of anilines is 1. The SMILES string of the molecule is COc1nc(OC)c2c(n1)N1CCCC1C(C#N)(C#N)C2. The fourth-order valence-electron chi connectivity index (χ4n) is 3.27. The number of nitriles is 2. The fraction of sp³-hybridized carbons (Fsp3) is 0.571. The number of fused-ring (bicyclic) bond motifs is 3. The van der Waals surface area contributed by atoms with Gasteiger partial charge in [0.25, 0.3) is 0 Å². The maximum atomic E-state index is 9.57. The molecule has 1 saturated heterocycles. The van der Waals surface area contributed by atoms with Crippen molar-refractivity contribution in [1.29, 1.82) is 10.5 Å². The summed E-state index contributed by atoms with van der Waals surface area (Å²) in [4.78, 5) is 10.6. The van der Waals surface area contributed by atoms with Crippen molar-refractivity contribution in [2.75, 3.05) is 25.7 Å². The molecule has 0 spiro atoms. The Morgan fingerprint density at radius 3 is 2.62 bits per heavy atom. The molecule has 0 aliphatic carbocycles. The van der Waals surface area contributed by atoms with Gasteiger partial charge in [-0.3, -0.25) is 0 Å². The molecule has 0 bridgehead atoms. The highest BCUT2D eigenvalue weighted by molar-refractivity contribution is 5.60. The Labute approximate surface area is 122 Å². The van der Waals surface area contributed by atoms with E-state index in [0.29, 0.717) is 11.4 Å². The third kappa shape index (κ3) is 1.78. The first-order valence-corrected chi connectivity index (χ1v) is 6.77. The normalized spacial score (nSPS) is 21.7. The summed E-state index contributed by atoms with van der Waals surface area (Å²) in [6.45, 7) is 0.770. The van der Waals surface area contributed by atoms with Gasteiger partial charge in [-0.2, -0.15) is 20.5 Å². The molecule has 3 rings (SSSR count). The molecule has 0 amide bonds. The zero-order valence-corrected chi connectivity index (χ0v) is 12.0. The number of aromatic nitrogens is 2. The van der Waals surface area contributed by atoms with Crippen molar-refractivity contribution < 1.29 is 9.47 Å². The van der Waals surface area contributed by atoms with Gasteiger partial charge in [0.05, 0.1) is 38.0 Å².